The number of ether oxygens (including phenoxy) is 1. The van der Waals surface area contributed by atoms with E-state index in [2.05, 4.69) is 69.7 Å². The molecule has 5 heterocycles. The number of aromatic nitrogens is 4. The number of hydrogen-bond donors (Lipinski definition) is 0. The minimum Gasteiger partial charge on any atom is -0.449 e. The van der Waals surface area contributed by atoms with Crippen LogP contribution in [-0.2, 0) is 11.2 Å². The number of amides is 1. The van der Waals surface area contributed by atoms with Gasteiger partial charge in [0.05, 0.1) is 18.3 Å². The van der Waals surface area contributed by atoms with E-state index >= 15 is 0 Å². The van der Waals surface area contributed by atoms with E-state index in [1.807, 2.05) is 32.6 Å². The number of carbonyl (C=O) groups is 1. The quantitative estimate of drug-likeness (QED) is 0.237. The molecule has 6 rings (SSSR count). The van der Waals surface area contributed by atoms with Crippen LogP contribution in [0.4, 0.5) is 4.79 Å². The fourth-order valence-electron chi connectivity index (χ4n) is 5.70. The molecular weight excluding hydrogens is 572 g/mol. The molecule has 44 heavy (non-hydrogen) atoms. The van der Waals surface area contributed by atoms with Gasteiger partial charge in [0.25, 0.3) is 0 Å². The van der Waals surface area contributed by atoms with Crippen molar-refractivity contribution in [3.8, 4) is 16.8 Å². The highest BCUT2D eigenvalue weighted by Crippen LogP contribution is 2.39. The average Bonchev–Trinajstić information content (AvgIpc) is 3.68. The number of rotatable bonds is 4. The van der Waals surface area contributed by atoms with Gasteiger partial charge < -0.3 is 14.1 Å². The zero-order chi connectivity index (χ0) is 31.0. The van der Waals surface area contributed by atoms with Gasteiger partial charge in [-0.1, -0.05) is 24.0 Å². The molecule has 0 radical (unpaired) electrons. The van der Waals surface area contributed by atoms with Crippen LogP contribution in [0.15, 0.2) is 46.1 Å². The van der Waals surface area contributed by atoms with Crippen molar-refractivity contribution >= 4 is 23.1 Å². The molecule has 0 N–H and O–H groups in total. The minimum atomic E-state index is -0.472. The average molecular weight is 611 g/mol. The second-order valence-corrected chi connectivity index (χ2v) is 13.7. The van der Waals surface area contributed by atoms with E-state index in [1.165, 1.54) is 10.4 Å². The van der Waals surface area contributed by atoms with Gasteiger partial charge in [0, 0.05) is 41.1 Å². The van der Waals surface area contributed by atoms with Crippen LogP contribution >= 0.6 is 11.3 Å². The molecule has 1 amide bonds. The largest absolute Gasteiger partial charge is 0.449 e. The SMILES string of the molecule is Cc1sc2c(c1C)C(c1ccc(C#CCC3CCN(C(=O)OC(C)(C)C)CC3)cc1)=N[C@@H](Cc1ncco1)c1nnc(C)n1-2. The summed E-state index contributed by atoms with van der Waals surface area (Å²) in [6.07, 6.45) is 6.20. The van der Waals surface area contributed by atoms with Crippen LogP contribution in [0.25, 0.3) is 5.00 Å². The first-order chi connectivity index (χ1) is 21.1. The molecule has 3 aromatic heterocycles. The molecule has 0 saturated carbocycles. The highest BCUT2D eigenvalue weighted by atomic mass is 32.1. The lowest BCUT2D eigenvalue weighted by molar-refractivity contribution is 0.0185. The van der Waals surface area contributed by atoms with E-state index in [-0.39, 0.29) is 12.1 Å². The number of fused-ring (bicyclic) bond motifs is 3. The number of carbonyl (C=O) groups excluding carboxylic acids is 1. The molecule has 1 aromatic carbocycles. The second-order valence-electron chi connectivity index (χ2n) is 12.5. The van der Waals surface area contributed by atoms with Gasteiger partial charge in [-0.25, -0.2) is 9.78 Å². The summed E-state index contributed by atoms with van der Waals surface area (Å²) < 4.78 is 13.3. The van der Waals surface area contributed by atoms with Crippen molar-refractivity contribution in [3.63, 3.8) is 0 Å². The Morgan fingerprint density at radius 1 is 1.11 bits per heavy atom. The van der Waals surface area contributed by atoms with Crippen LogP contribution in [0.5, 0.6) is 0 Å². The highest BCUT2D eigenvalue weighted by Gasteiger charge is 2.32. The Kier molecular flexibility index (Phi) is 8.16. The van der Waals surface area contributed by atoms with Gasteiger partial charge in [-0.3, -0.25) is 9.56 Å². The Labute approximate surface area is 262 Å². The van der Waals surface area contributed by atoms with Crippen LogP contribution in [0, 0.1) is 38.5 Å². The molecule has 1 saturated heterocycles. The second kappa shape index (κ2) is 12.0. The van der Waals surface area contributed by atoms with Crippen molar-refractivity contribution in [2.24, 2.45) is 10.9 Å². The maximum absolute atomic E-state index is 12.4. The maximum Gasteiger partial charge on any atom is 0.410 e. The Balaban J connectivity index is 1.20. The van der Waals surface area contributed by atoms with Gasteiger partial charge in [-0.05, 0) is 78.0 Å². The zero-order valence-electron chi connectivity index (χ0n) is 26.2. The zero-order valence-corrected chi connectivity index (χ0v) is 27.0. The van der Waals surface area contributed by atoms with Gasteiger partial charge >= 0.3 is 6.09 Å². The summed E-state index contributed by atoms with van der Waals surface area (Å²) in [6.45, 7) is 13.4. The molecule has 2 aliphatic rings. The summed E-state index contributed by atoms with van der Waals surface area (Å²) in [4.78, 5) is 25.1. The van der Waals surface area contributed by atoms with E-state index in [1.54, 1.807) is 23.8 Å². The molecule has 0 aliphatic carbocycles. The minimum absolute atomic E-state index is 0.221. The van der Waals surface area contributed by atoms with Crippen LogP contribution in [0.2, 0.25) is 0 Å². The predicted molar refractivity (Wildman–Crippen MR) is 171 cm³/mol. The number of aryl methyl sites for hydroxylation is 2. The van der Waals surface area contributed by atoms with Crippen LogP contribution in [0.1, 0.15) is 90.7 Å². The molecule has 0 bridgehead atoms. The number of piperidine rings is 1. The summed E-state index contributed by atoms with van der Waals surface area (Å²) in [7, 11) is 0. The third kappa shape index (κ3) is 6.20. The van der Waals surface area contributed by atoms with Crippen molar-refractivity contribution in [2.45, 2.75) is 78.9 Å². The van der Waals surface area contributed by atoms with Gasteiger partial charge in [-0.2, -0.15) is 0 Å². The molecule has 1 atom stereocenters. The number of thiophene rings is 1. The van der Waals surface area contributed by atoms with Crippen molar-refractivity contribution in [1.82, 2.24) is 24.6 Å². The van der Waals surface area contributed by atoms with Crippen molar-refractivity contribution in [1.29, 1.82) is 0 Å². The normalized spacial score (nSPS) is 16.8. The summed E-state index contributed by atoms with van der Waals surface area (Å²) in [5.41, 5.74) is 4.78. The molecule has 0 unspecified atom stereocenters. The predicted octanol–water partition coefficient (Wildman–Crippen LogP) is 6.77. The fourth-order valence-corrected chi connectivity index (χ4v) is 6.91. The van der Waals surface area contributed by atoms with Crippen LogP contribution in [0.3, 0.4) is 0 Å². The van der Waals surface area contributed by atoms with Crippen molar-refractivity contribution < 1.29 is 13.9 Å². The van der Waals surface area contributed by atoms with E-state index < -0.39 is 5.60 Å². The molecule has 2 aliphatic heterocycles. The number of nitrogens with zero attached hydrogens (tertiary/aromatic N) is 6. The molecule has 0 spiro atoms. The van der Waals surface area contributed by atoms with E-state index in [4.69, 9.17) is 14.1 Å². The summed E-state index contributed by atoms with van der Waals surface area (Å²) in [6, 6.07) is 8.07. The number of hydrogen-bond acceptors (Lipinski definition) is 8. The molecule has 228 valence electrons. The van der Waals surface area contributed by atoms with Gasteiger partial charge in [0.15, 0.2) is 11.7 Å². The molecule has 9 nitrogen and oxygen atoms in total. The van der Waals surface area contributed by atoms with Crippen molar-refractivity contribution in [3.05, 3.63) is 81.4 Å². The topological polar surface area (TPSA) is 98.6 Å². The standard InChI is InChI=1S/C34H38N6O3S/c1-21-22(2)44-32-29(21)30(36-27(20-28-35-16-19-42-28)31-38-37-23(3)40(31)32)26-12-10-24(11-13-26)8-7-9-25-14-17-39(18-15-25)33(41)43-34(4,5)6/h10-13,16,19,25,27H,9,14-15,17-18,20H2,1-6H3/t27-/m0/s1. The smallest absolute Gasteiger partial charge is 0.410 e. The van der Waals surface area contributed by atoms with E-state index in [9.17, 15) is 4.79 Å². The van der Waals surface area contributed by atoms with E-state index in [0.717, 1.165) is 58.3 Å². The van der Waals surface area contributed by atoms with E-state index in [0.29, 0.717) is 31.3 Å². The first-order valence-electron chi connectivity index (χ1n) is 15.1. The third-order valence-corrected chi connectivity index (χ3v) is 9.33. The fraction of sp³-hybridized carbons (Fsp3) is 0.441. The Bertz CT molecular complexity index is 1740. The van der Waals surface area contributed by atoms with Gasteiger partial charge in [0.2, 0.25) is 0 Å². The summed E-state index contributed by atoms with van der Waals surface area (Å²) in [5, 5.41) is 10.1. The highest BCUT2D eigenvalue weighted by molar-refractivity contribution is 7.15. The van der Waals surface area contributed by atoms with Crippen molar-refractivity contribution in [2.75, 3.05) is 13.1 Å². The lowest BCUT2D eigenvalue weighted by Gasteiger charge is -2.32. The number of oxazole rings is 1. The number of benzene rings is 1. The number of likely N-dealkylation sites (tertiary alicyclic amines) is 1. The monoisotopic (exact) mass is 610 g/mol. The Morgan fingerprint density at radius 3 is 2.55 bits per heavy atom. The van der Waals surface area contributed by atoms with Gasteiger partial charge in [0.1, 0.15) is 28.7 Å². The first-order valence-corrected chi connectivity index (χ1v) is 15.9. The lowest BCUT2D eigenvalue weighted by atomic mass is 9.94. The molecule has 4 aromatic rings. The van der Waals surface area contributed by atoms with Gasteiger partial charge in [-0.15, -0.1) is 21.5 Å². The summed E-state index contributed by atoms with van der Waals surface area (Å²) >= 11 is 1.74. The first kappa shape index (κ1) is 29.8. The third-order valence-electron chi connectivity index (χ3n) is 8.14. The Morgan fingerprint density at radius 2 is 1.86 bits per heavy atom. The number of aliphatic imine (C=N–C) groups is 1. The molecule has 10 heteroatoms. The van der Waals surface area contributed by atoms with Crippen LogP contribution < -0.4 is 0 Å². The molecule has 1 fully saturated rings. The maximum atomic E-state index is 12.4. The van der Waals surface area contributed by atoms with Crippen LogP contribution in [-0.4, -0.2) is 55.1 Å². The summed E-state index contributed by atoms with van der Waals surface area (Å²) in [5.74, 6) is 9.46. The lowest BCUT2D eigenvalue weighted by Crippen LogP contribution is -2.41. The molecular formula is C34H38N6O3S. The Hall–Kier alpha value is -4.23.